The summed E-state index contributed by atoms with van der Waals surface area (Å²) in [5.74, 6) is -2.57. The number of hydrogen-bond donors (Lipinski definition) is 1. The summed E-state index contributed by atoms with van der Waals surface area (Å²) >= 11 is 6.32. The topological polar surface area (TPSA) is 92.8 Å². The van der Waals surface area contributed by atoms with E-state index in [1.807, 2.05) is 6.92 Å². The minimum absolute atomic E-state index is 0.00356. The van der Waals surface area contributed by atoms with Crippen LogP contribution in [0.15, 0.2) is 41.3 Å². The number of rotatable bonds is 5. The van der Waals surface area contributed by atoms with E-state index in [-0.39, 0.29) is 57.2 Å². The van der Waals surface area contributed by atoms with Crippen molar-refractivity contribution in [2.24, 2.45) is 17.8 Å². The average Bonchev–Trinajstić information content (AvgIpc) is 3.26. The minimum Gasteiger partial charge on any atom is -0.444 e. The van der Waals surface area contributed by atoms with Crippen molar-refractivity contribution >= 4 is 39.1 Å². The van der Waals surface area contributed by atoms with Crippen molar-refractivity contribution in [3.8, 4) is 0 Å². The fourth-order valence-electron chi connectivity index (χ4n) is 6.25. The van der Waals surface area contributed by atoms with E-state index in [2.05, 4.69) is 12.2 Å². The van der Waals surface area contributed by atoms with Crippen molar-refractivity contribution < 1.29 is 31.5 Å². The van der Waals surface area contributed by atoms with Crippen LogP contribution in [0.5, 0.6) is 0 Å². The van der Waals surface area contributed by atoms with Gasteiger partial charge in [0.05, 0.1) is 21.7 Å². The number of nitrogens with one attached hydrogen (secondary N) is 1. The molecule has 2 aromatic rings. The number of anilines is 1. The second-order valence-electron chi connectivity index (χ2n) is 10.3. The van der Waals surface area contributed by atoms with Gasteiger partial charge in [0.2, 0.25) is 0 Å². The summed E-state index contributed by atoms with van der Waals surface area (Å²) in [5, 5.41) is 1.74. The second-order valence-corrected chi connectivity index (χ2v) is 12.9. The molecule has 2 aliphatic carbocycles. The Hall–Kier alpha value is -2.72. The first-order valence-corrected chi connectivity index (χ1v) is 14.1. The van der Waals surface area contributed by atoms with Crippen molar-refractivity contribution in [1.29, 1.82) is 0 Å². The van der Waals surface area contributed by atoms with E-state index in [0.29, 0.717) is 19.4 Å². The van der Waals surface area contributed by atoms with Crippen LogP contribution in [-0.2, 0) is 14.6 Å². The number of ether oxygens (including phenoxy) is 1. The van der Waals surface area contributed by atoms with Gasteiger partial charge in [0, 0.05) is 23.4 Å². The van der Waals surface area contributed by atoms with Crippen molar-refractivity contribution in [3.63, 3.8) is 0 Å². The van der Waals surface area contributed by atoms with Crippen LogP contribution in [0.1, 0.15) is 43.5 Å². The number of carbonyl (C=O) groups is 2. The standard InChI is InChI=1S/C26H27ClF2N2O5S/c1-13-7-16-8-18(11-19(13)24(16)31-12-14(2)36-26(31)33)37(34,35)23-9-15(3-5-20(23)27)25(32)30-17-4-6-21(28)22(29)10-17/h3-6,9-10,13-14,16,18-19,24H,7-8,11-12H2,1-2H3,(H,30,32)/t13-,14+,16?,18+,19?,24?/m0/s1. The van der Waals surface area contributed by atoms with Crippen molar-refractivity contribution in [1.82, 2.24) is 4.90 Å². The molecule has 1 heterocycles. The van der Waals surface area contributed by atoms with Gasteiger partial charge in [-0.2, -0.15) is 0 Å². The number of amides is 2. The number of hydrogen-bond acceptors (Lipinski definition) is 5. The molecule has 3 aliphatic rings. The summed E-state index contributed by atoms with van der Waals surface area (Å²) in [6.07, 6.45) is 1.05. The summed E-state index contributed by atoms with van der Waals surface area (Å²) in [7, 11) is -3.91. The molecule has 0 aromatic heterocycles. The van der Waals surface area contributed by atoms with E-state index in [1.54, 1.807) is 4.90 Å². The SMILES string of the molecule is C[C@@H]1CN(C2C3C[C@@H](S(=O)(=O)c4cc(C(=O)Nc5ccc(F)c(F)c5)ccc4Cl)CC2[C@@H](C)C3)C(=O)O1. The first kappa shape index (κ1) is 25.9. The Morgan fingerprint density at radius 2 is 1.84 bits per heavy atom. The smallest absolute Gasteiger partial charge is 0.410 e. The Balaban J connectivity index is 1.38. The zero-order valence-corrected chi connectivity index (χ0v) is 21.9. The summed E-state index contributed by atoms with van der Waals surface area (Å²) in [4.78, 5) is 26.8. The molecule has 6 atom stereocenters. The van der Waals surface area contributed by atoms with E-state index in [4.69, 9.17) is 16.3 Å². The zero-order chi connectivity index (χ0) is 26.6. The number of fused-ring (bicyclic) bond motifs is 2. The largest absolute Gasteiger partial charge is 0.444 e. The first-order chi connectivity index (χ1) is 17.5. The van der Waals surface area contributed by atoms with Gasteiger partial charge in [-0.25, -0.2) is 22.0 Å². The molecule has 0 spiro atoms. The molecule has 198 valence electrons. The van der Waals surface area contributed by atoms with Gasteiger partial charge in [0.15, 0.2) is 21.5 Å². The molecule has 1 saturated heterocycles. The molecule has 2 amide bonds. The fraction of sp³-hybridized carbons (Fsp3) is 0.462. The molecule has 3 unspecified atom stereocenters. The molecule has 2 saturated carbocycles. The molecule has 2 aromatic carbocycles. The predicted molar refractivity (Wildman–Crippen MR) is 133 cm³/mol. The lowest BCUT2D eigenvalue weighted by Gasteiger charge is -2.39. The Labute approximate surface area is 219 Å². The number of benzene rings is 2. The third kappa shape index (κ3) is 4.69. The lowest BCUT2D eigenvalue weighted by atomic mass is 9.81. The maximum Gasteiger partial charge on any atom is 0.410 e. The summed E-state index contributed by atoms with van der Waals surface area (Å²) in [6.45, 7) is 4.44. The van der Waals surface area contributed by atoms with E-state index in [1.165, 1.54) is 24.3 Å². The van der Waals surface area contributed by atoms with E-state index in [9.17, 15) is 26.8 Å². The Morgan fingerprint density at radius 3 is 2.49 bits per heavy atom. The number of halogens is 3. The third-order valence-corrected chi connectivity index (χ3v) is 10.5. The van der Waals surface area contributed by atoms with E-state index >= 15 is 0 Å². The zero-order valence-electron chi connectivity index (χ0n) is 20.3. The molecular weight excluding hydrogens is 526 g/mol. The van der Waals surface area contributed by atoms with Crippen molar-refractivity contribution in [3.05, 3.63) is 58.6 Å². The second kappa shape index (κ2) is 9.54. The van der Waals surface area contributed by atoms with Gasteiger partial charge in [-0.3, -0.25) is 4.79 Å². The van der Waals surface area contributed by atoms with Gasteiger partial charge in [0.25, 0.3) is 5.91 Å². The maximum atomic E-state index is 13.8. The number of sulfone groups is 1. The average molecular weight is 553 g/mol. The van der Waals surface area contributed by atoms with Gasteiger partial charge in [-0.15, -0.1) is 0 Å². The highest BCUT2D eigenvalue weighted by molar-refractivity contribution is 7.92. The summed E-state index contributed by atoms with van der Waals surface area (Å²) < 4.78 is 59.6. The Kier molecular flexibility index (Phi) is 6.68. The van der Waals surface area contributed by atoms with Crippen LogP contribution in [0.4, 0.5) is 19.3 Å². The van der Waals surface area contributed by atoms with Crippen LogP contribution < -0.4 is 5.32 Å². The van der Waals surface area contributed by atoms with Gasteiger partial charge in [-0.05, 0) is 74.3 Å². The normalized spacial score (nSPS) is 29.3. The molecule has 3 fully saturated rings. The lowest BCUT2D eigenvalue weighted by molar-refractivity contribution is 0.102. The molecule has 11 heteroatoms. The summed E-state index contributed by atoms with van der Waals surface area (Å²) in [5.41, 5.74) is 0.0495. The number of nitrogens with zero attached hydrogens (tertiary/aromatic N) is 1. The highest BCUT2D eigenvalue weighted by Crippen LogP contribution is 2.51. The van der Waals surface area contributed by atoms with Crippen LogP contribution >= 0.6 is 11.6 Å². The monoisotopic (exact) mass is 552 g/mol. The van der Waals surface area contributed by atoms with Gasteiger partial charge < -0.3 is 15.0 Å². The third-order valence-electron chi connectivity index (χ3n) is 7.89. The Morgan fingerprint density at radius 1 is 1.08 bits per heavy atom. The van der Waals surface area contributed by atoms with Crippen LogP contribution in [0.25, 0.3) is 0 Å². The fourth-order valence-corrected chi connectivity index (χ4v) is 8.66. The highest BCUT2D eigenvalue weighted by atomic mass is 35.5. The predicted octanol–water partition coefficient (Wildman–Crippen LogP) is 5.29. The van der Waals surface area contributed by atoms with E-state index in [0.717, 1.165) is 18.6 Å². The van der Waals surface area contributed by atoms with Crippen molar-refractivity contribution in [2.75, 3.05) is 11.9 Å². The molecule has 5 rings (SSSR count). The maximum absolute atomic E-state index is 13.8. The van der Waals surface area contributed by atoms with Gasteiger partial charge in [0.1, 0.15) is 6.10 Å². The molecule has 1 N–H and O–H groups in total. The minimum atomic E-state index is -3.91. The van der Waals surface area contributed by atoms with E-state index < -0.39 is 32.6 Å². The van der Waals surface area contributed by atoms with Crippen LogP contribution in [0, 0.1) is 29.4 Å². The van der Waals surface area contributed by atoms with Crippen LogP contribution in [0.2, 0.25) is 5.02 Å². The first-order valence-electron chi connectivity index (χ1n) is 12.2. The quantitative estimate of drug-likeness (QED) is 0.544. The molecular formula is C26H27ClF2N2O5S. The van der Waals surface area contributed by atoms with Gasteiger partial charge >= 0.3 is 6.09 Å². The van der Waals surface area contributed by atoms with Crippen LogP contribution in [0.3, 0.4) is 0 Å². The van der Waals surface area contributed by atoms with Crippen LogP contribution in [-0.4, -0.2) is 49.3 Å². The lowest BCUT2D eigenvalue weighted by Crippen LogP contribution is -2.49. The number of carbonyl (C=O) groups excluding carboxylic acids is 2. The molecule has 2 bridgehead atoms. The number of cyclic esters (lactones) is 1. The van der Waals surface area contributed by atoms with Gasteiger partial charge in [-0.1, -0.05) is 18.5 Å². The van der Waals surface area contributed by atoms with Crippen molar-refractivity contribution in [2.45, 2.75) is 55.4 Å². The molecule has 7 nitrogen and oxygen atoms in total. The molecule has 37 heavy (non-hydrogen) atoms. The molecule has 1 aliphatic heterocycles. The highest BCUT2D eigenvalue weighted by Gasteiger charge is 2.54. The summed E-state index contributed by atoms with van der Waals surface area (Å²) in [6, 6.07) is 6.82. The molecule has 0 radical (unpaired) electrons. The Bertz CT molecular complexity index is 1370.